The molecule has 0 aliphatic heterocycles. The molecule has 1 aromatic carbocycles. The molecule has 1 aliphatic rings. The summed E-state index contributed by atoms with van der Waals surface area (Å²) in [6.45, 7) is 5.39. The summed E-state index contributed by atoms with van der Waals surface area (Å²) < 4.78 is 0. The first-order valence-electron chi connectivity index (χ1n) is 7.02. The molecule has 0 heterocycles. The smallest absolute Gasteiger partial charge is 0.232 e. The molecular formula is C16H24Cl2N2O. The zero-order valence-electron chi connectivity index (χ0n) is 12.9. The Balaban J connectivity index is 0.00000220. The molecule has 0 saturated heterocycles. The SMILES string of the molecule is CN(CC(C)(C)CN)C(=O)C1(c2cccc(Cl)c2)CC1.Cl. The van der Waals surface area contributed by atoms with Gasteiger partial charge in [-0.25, -0.2) is 0 Å². The average molecular weight is 331 g/mol. The van der Waals surface area contributed by atoms with Gasteiger partial charge in [-0.1, -0.05) is 37.6 Å². The Hall–Kier alpha value is -0.770. The Morgan fingerprint density at radius 1 is 1.43 bits per heavy atom. The van der Waals surface area contributed by atoms with Crippen LogP contribution >= 0.6 is 24.0 Å². The molecule has 1 aromatic rings. The van der Waals surface area contributed by atoms with Crippen LogP contribution in [0.2, 0.25) is 5.02 Å². The van der Waals surface area contributed by atoms with E-state index in [0.29, 0.717) is 18.1 Å². The second-order valence-electron chi connectivity index (χ2n) is 6.62. The quantitative estimate of drug-likeness (QED) is 0.900. The lowest BCUT2D eigenvalue weighted by Gasteiger charge is -2.31. The Morgan fingerprint density at radius 3 is 2.52 bits per heavy atom. The lowest BCUT2D eigenvalue weighted by molar-refractivity contribution is -0.133. The average Bonchev–Trinajstić information content (AvgIpc) is 3.19. The van der Waals surface area contributed by atoms with Crippen molar-refractivity contribution in [2.45, 2.75) is 32.1 Å². The lowest BCUT2D eigenvalue weighted by atomic mass is 9.90. The van der Waals surface area contributed by atoms with Gasteiger partial charge in [0.05, 0.1) is 5.41 Å². The molecule has 1 amide bonds. The predicted octanol–water partition coefficient (Wildman–Crippen LogP) is 3.24. The van der Waals surface area contributed by atoms with Gasteiger partial charge in [-0.05, 0) is 42.5 Å². The first-order chi connectivity index (χ1) is 9.31. The monoisotopic (exact) mass is 330 g/mol. The van der Waals surface area contributed by atoms with E-state index in [-0.39, 0.29) is 29.1 Å². The minimum Gasteiger partial charge on any atom is -0.344 e. The first-order valence-corrected chi connectivity index (χ1v) is 7.40. The van der Waals surface area contributed by atoms with Gasteiger partial charge in [0.15, 0.2) is 0 Å². The van der Waals surface area contributed by atoms with Crippen LogP contribution in [0.1, 0.15) is 32.3 Å². The number of nitrogens with zero attached hydrogens (tertiary/aromatic N) is 1. The van der Waals surface area contributed by atoms with Crippen molar-refractivity contribution in [2.75, 3.05) is 20.1 Å². The second-order valence-corrected chi connectivity index (χ2v) is 7.06. The standard InChI is InChI=1S/C16H23ClN2O.ClH/c1-15(2,10-18)11-19(3)14(20)16(7-8-16)12-5-4-6-13(17)9-12;/h4-6,9H,7-8,10-11,18H2,1-3H3;1H. The van der Waals surface area contributed by atoms with E-state index < -0.39 is 0 Å². The number of rotatable bonds is 5. The minimum atomic E-state index is -0.357. The fraction of sp³-hybridized carbons (Fsp3) is 0.562. The molecule has 0 bridgehead atoms. The molecule has 3 nitrogen and oxygen atoms in total. The fourth-order valence-electron chi connectivity index (χ4n) is 2.68. The molecule has 2 N–H and O–H groups in total. The molecule has 1 saturated carbocycles. The number of carbonyl (C=O) groups excluding carboxylic acids is 1. The van der Waals surface area contributed by atoms with E-state index in [1.54, 1.807) is 0 Å². The summed E-state index contributed by atoms with van der Waals surface area (Å²) in [5.41, 5.74) is 6.37. The summed E-state index contributed by atoms with van der Waals surface area (Å²) in [6.07, 6.45) is 1.80. The Kier molecular flexibility index (Phi) is 5.70. The van der Waals surface area contributed by atoms with Crippen LogP contribution in [-0.4, -0.2) is 30.9 Å². The van der Waals surface area contributed by atoms with E-state index in [9.17, 15) is 4.79 Å². The summed E-state index contributed by atoms with van der Waals surface area (Å²) in [5.74, 6) is 0.182. The van der Waals surface area contributed by atoms with Gasteiger partial charge in [0, 0.05) is 18.6 Å². The van der Waals surface area contributed by atoms with Crippen LogP contribution in [-0.2, 0) is 10.2 Å². The Labute approximate surface area is 138 Å². The predicted molar refractivity (Wildman–Crippen MR) is 90.1 cm³/mol. The van der Waals surface area contributed by atoms with Gasteiger partial charge in [0.1, 0.15) is 0 Å². The normalized spacial score (nSPS) is 16.0. The summed E-state index contributed by atoms with van der Waals surface area (Å²) in [7, 11) is 1.87. The van der Waals surface area contributed by atoms with E-state index in [4.69, 9.17) is 17.3 Å². The van der Waals surface area contributed by atoms with Crippen molar-refractivity contribution in [3.63, 3.8) is 0 Å². The topological polar surface area (TPSA) is 46.3 Å². The van der Waals surface area contributed by atoms with Crippen molar-refractivity contribution in [3.8, 4) is 0 Å². The molecule has 1 fully saturated rings. The van der Waals surface area contributed by atoms with Gasteiger partial charge in [-0.15, -0.1) is 12.4 Å². The number of likely N-dealkylation sites (N-methyl/N-ethyl adjacent to an activating group) is 1. The third kappa shape index (κ3) is 3.91. The molecule has 5 heteroatoms. The van der Waals surface area contributed by atoms with E-state index in [2.05, 4.69) is 13.8 Å². The van der Waals surface area contributed by atoms with E-state index in [1.165, 1.54) is 0 Å². The third-order valence-corrected chi connectivity index (χ3v) is 4.34. The van der Waals surface area contributed by atoms with Gasteiger partial charge >= 0.3 is 0 Å². The molecular weight excluding hydrogens is 307 g/mol. The summed E-state index contributed by atoms with van der Waals surface area (Å²) in [4.78, 5) is 14.6. The maximum Gasteiger partial charge on any atom is 0.232 e. The summed E-state index contributed by atoms with van der Waals surface area (Å²) >= 11 is 6.05. The largest absolute Gasteiger partial charge is 0.344 e. The van der Waals surface area contributed by atoms with Crippen LogP contribution in [0, 0.1) is 5.41 Å². The zero-order valence-corrected chi connectivity index (χ0v) is 14.4. The molecule has 0 aromatic heterocycles. The van der Waals surface area contributed by atoms with Crippen molar-refractivity contribution in [3.05, 3.63) is 34.9 Å². The van der Waals surface area contributed by atoms with E-state index in [0.717, 1.165) is 18.4 Å². The van der Waals surface area contributed by atoms with Crippen molar-refractivity contribution >= 4 is 29.9 Å². The Morgan fingerprint density at radius 2 is 2.05 bits per heavy atom. The Bertz CT molecular complexity index is 513. The number of hydrogen-bond acceptors (Lipinski definition) is 2. The second kappa shape index (κ2) is 6.55. The van der Waals surface area contributed by atoms with E-state index in [1.807, 2.05) is 36.2 Å². The first kappa shape index (κ1) is 18.3. The molecule has 0 radical (unpaired) electrons. The fourth-order valence-corrected chi connectivity index (χ4v) is 2.87. The van der Waals surface area contributed by atoms with Gasteiger partial charge in [-0.3, -0.25) is 4.79 Å². The van der Waals surface area contributed by atoms with Gasteiger partial charge in [0.25, 0.3) is 0 Å². The van der Waals surface area contributed by atoms with Crippen molar-refractivity contribution in [1.29, 1.82) is 0 Å². The molecule has 0 spiro atoms. The number of benzene rings is 1. The van der Waals surface area contributed by atoms with Crippen LogP contribution in [0.25, 0.3) is 0 Å². The molecule has 21 heavy (non-hydrogen) atoms. The zero-order chi connectivity index (χ0) is 15.0. The van der Waals surface area contributed by atoms with Crippen LogP contribution in [0.3, 0.4) is 0 Å². The highest BCUT2D eigenvalue weighted by molar-refractivity contribution is 6.30. The molecule has 0 atom stereocenters. The molecule has 0 unspecified atom stereocenters. The van der Waals surface area contributed by atoms with Crippen LogP contribution in [0.4, 0.5) is 0 Å². The van der Waals surface area contributed by atoms with Crippen molar-refractivity contribution in [2.24, 2.45) is 11.1 Å². The van der Waals surface area contributed by atoms with Gasteiger partial charge in [0.2, 0.25) is 5.91 Å². The third-order valence-electron chi connectivity index (χ3n) is 4.10. The van der Waals surface area contributed by atoms with E-state index >= 15 is 0 Å². The summed E-state index contributed by atoms with van der Waals surface area (Å²) in [6, 6.07) is 7.66. The number of nitrogens with two attached hydrogens (primary N) is 1. The number of hydrogen-bond donors (Lipinski definition) is 1. The van der Waals surface area contributed by atoms with Crippen LogP contribution in [0.15, 0.2) is 24.3 Å². The van der Waals surface area contributed by atoms with Crippen molar-refractivity contribution in [1.82, 2.24) is 4.90 Å². The highest BCUT2D eigenvalue weighted by atomic mass is 35.5. The molecule has 118 valence electrons. The number of amides is 1. The minimum absolute atomic E-state index is 0. The van der Waals surface area contributed by atoms with Gasteiger partial charge in [-0.2, -0.15) is 0 Å². The lowest BCUT2D eigenvalue weighted by Crippen LogP contribution is -2.44. The maximum absolute atomic E-state index is 12.8. The summed E-state index contributed by atoms with van der Waals surface area (Å²) in [5, 5.41) is 0.687. The maximum atomic E-state index is 12.8. The van der Waals surface area contributed by atoms with Crippen LogP contribution < -0.4 is 5.73 Å². The highest BCUT2D eigenvalue weighted by Crippen LogP contribution is 2.50. The number of carbonyl (C=O) groups is 1. The number of halogens is 2. The van der Waals surface area contributed by atoms with Gasteiger partial charge < -0.3 is 10.6 Å². The molecule has 2 rings (SSSR count). The van der Waals surface area contributed by atoms with Crippen LogP contribution in [0.5, 0.6) is 0 Å². The highest BCUT2D eigenvalue weighted by Gasteiger charge is 2.52. The molecule has 1 aliphatic carbocycles. The van der Waals surface area contributed by atoms with Crippen molar-refractivity contribution < 1.29 is 4.79 Å².